The van der Waals surface area contributed by atoms with E-state index in [2.05, 4.69) is 29.9 Å². The van der Waals surface area contributed by atoms with Crippen molar-refractivity contribution in [2.75, 3.05) is 0 Å². The molecule has 8 heterocycles. The van der Waals surface area contributed by atoms with Gasteiger partial charge in [-0.15, -0.1) is 0 Å². The van der Waals surface area contributed by atoms with Crippen molar-refractivity contribution in [1.82, 2.24) is 39.7 Å². The number of aliphatic hydroxyl groups excluding tert-OH is 1. The van der Waals surface area contributed by atoms with E-state index in [1.54, 1.807) is 18.5 Å². The van der Waals surface area contributed by atoms with E-state index in [-0.39, 0.29) is 59.4 Å². The quantitative estimate of drug-likeness (QED) is 0.180. The third-order valence-corrected chi connectivity index (χ3v) is 14.4. The molecule has 2 saturated carbocycles. The molecule has 6 fully saturated rings. The van der Waals surface area contributed by atoms with Gasteiger partial charge in [0.1, 0.15) is 35.1 Å². The van der Waals surface area contributed by atoms with Crippen molar-refractivity contribution in [3.8, 4) is 29.1 Å². The van der Waals surface area contributed by atoms with E-state index in [1.165, 1.54) is 12.7 Å². The highest BCUT2D eigenvalue weighted by Crippen LogP contribution is 2.63. The molecule has 6 atom stereocenters. The SMILES string of the molecule is CC(C)(C)OC(=O)N1C2CCC1C1(CC1)C(O)C2.Cc1ncccc1Oc1ncnc(Cl)c1C.Cc1ncccc1Oc1ncnc(OC2CC3CCC(N3C(=O)OC(C)(C)C)C23CC3)c1C. The Kier molecular flexibility index (Phi) is 13.4. The van der Waals surface area contributed by atoms with Crippen LogP contribution >= 0.6 is 11.6 Å². The molecule has 0 aromatic carbocycles. The number of aryl methyl sites for hydroxylation is 2. The number of hydrogen-bond donors (Lipinski definition) is 1. The maximum absolute atomic E-state index is 13.0. The number of fused-ring (bicyclic) bond motifs is 6. The summed E-state index contributed by atoms with van der Waals surface area (Å²) in [6.07, 6.45) is 15.5. The fraction of sp³-hybridized carbons (Fsp3) is 0.600. The lowest BCUT2D eigenvalue weighted by Gasteiger charge is -2.45. The van der Waals surface area contributed by atoms with Crippen LogP contribution in [0.15, 0.2) is 49.3 Å². The summed E-state index contributed by atoms with van der Waals surface area (Å²) >= 11 is 5.87. The Hall–Kier alpha value is -5.35. The maximum Gasteiger partial charge on any atom is 0.410 e. The van der Waals surface area contributed by atoms with E-state index in [1.807, 2.05) is 97.2 Å². The van der Waals surface area contributed by atoms with Gasteiger partial charge in [-0.3, -0.25) is 9.97 Å². The molecular formula is C50H65ClN8O8. The van der Waals surface area contributed by atoms with Crippen LogP contribution in [-0.2, 0) is 9.47 Å². The minimum atomic E-state index is -0.498. The van der Waals surface area contributed by atoms with Gasteiger partial charge >= 0.3 is 12.2 Å². The second kappa shape index (κ2) is 18.6. The van der Waals surface area contributed by atoms with Crippen LogP contribution in [0, 0.1) is 38.5 Å². The normalized spacial score (nSPS) is 24.7. The molecule has 4 aromatic rings. The third kappa shape index (κ3) is 10.3. The molecule has 10 rings (SSSR count). The van der Waals surface area contributed by atoms with Crippen LogP contribution in [0.4, 0.5) is 9.59 Å². The maximum atomic E-state index is 13.0. The lowest BCUT2D eigenvalue weighted by Crippen LogP contribution is -2.57. The standard InChI is InChI=1S/C25H32N4O4.C14H23NO3.C11H10ClN3O/c1-15-21(31-18-7-6-12-26-16(18)2)27-14-28-22(15)32-20-13-17-8-9-19(25(20)10-11-25)29(17)23(30)33-24(3,4)5;1-13(2,3)18-12(17)15-9-4-5-10(15)14(6-7-14)11(16)8-9;1-7-10(12)14-6-15-11(7)16-9-4-3-5-13-8(9)2/h6-7,12,14,17,19-20H,8-11,13H2,1-5H3;9-11,16H,4-8H2,1-3H3;3-6H,1-2H3. The van der Waals surface area contributed by atoms with Crippen molar-refractivity contribution < 1.29 is 38.4 Å². The minimum absolute atomic E-state index is 0.00387. The Bertz CT molecular complexity index is 2450. The highest BCUT2D eigenvalue weighted by atomic mass is 35.5. The summed E-state index contributed by atoms with van der Waals surface area (Å²) in [5.74, 6) is 2.79. The van der Waals surface area contributed by atoms with Gasteiger partial charge < -0.3 is 38.6 Å². The average molecular weight is 942 g/mol. The number of pyridine rings is 2. The smallest absolute Gasteiger partial charge is 0.410 e. The Morgan fingerprint density at radius 3 is 1.60 bits per heavy atom. The molecule has 0 radical (unpaired) electrons. The molecule has 4 aromatic heterocycles. The second-order valence-corrected chi connectivity index (χ2v) is 21.3. The monoisotopic (exact) mass is 940 g/mol. The van der Waals surface area contributed by atoms with Gasteiger partial charge in [-0.25, -0.2) is 29.5 Å². The summed E-state index contributed by atoms with van der Waals surface area (Å²) in [7, 11) is 0. The summed E-state index contributed by atoms with van der Waals surface area (Å²) in [5.41, 5.74) is 2.11. The first-order valence-corrected chi connectivity index (χ1v) is 23.9. The van der Waals surface area contributed by atoms with E-state index in [0.29, 0.717) is 39.9 Å². The van der Waals surface area contributed by atoms with E-state index < -0.39 is 11.2 Å². The topological polar surface area (TPSA) is 184 Å². The van der Waals surface area contributed by atoms with Crippen LogP contribution < -0.4 is 14.2 Å². The molecule has 360 valence electrons. The van der Waals surface area contributed by atoms with Crippen molar-refractivity contribution in [2.45, 2.75) is 181 Å². The van der Waals surface area contributed by atoms with Gasteiger partial charge in [0.05, 0.1) is 23.1 Å². The van der Waals surface area contributed by atoms with Crippen LogP contribution in [0.25, 0.3) is 0 Å². The first-order valence-electron chi connectivity index (χ1n) is 23.5. The van der Waals surface area contributed by atoms with E-state index >= 15 is 0 Å². The van der Waals surface area contributed by atoms with E-state index in [4.69, 9.17) is 35.3 Å². The molecule has 2 spiro atoms. The molecule has 6 unspecified atom stereocenters. The predicted octanol–water partition coefficient (Wildman–Crippen LogP) is 10.2. The zero-order chi connectivity index (χ0) is 48.1. The van der Waals surface area contributed by atoms with Crippen LogP contribution in [-0.4, -0.2) is 105 Å². The molecule has 2 amide bonds. The number of amides is 2. The summed E-state index contributed by atoms with van der Waals surface area (Å²) in [6, 6.07) is 8.03. The third-order valence-electron chi connectivity index (χ3n) is 14.0. The molecule has 67 heavy (non-hydrogen) atoms. The number of halogens is 1. The summed E-state index contributed by atoms with van der Waals surface area (Å²) < 4.78 is 29.5. The molecule has 2 aliphatic carbocycles. The van der Waals surface area contributed by atoms with Crippen LogP contribution in [0.1, 0.15) is 128 Å². The Labute approximate surface area is 398 Å². The molecule has 4 aliphatic heterocycles. The van der Waals surface area contributed by atoms with E-state index in [9.17, 15) is 14.7 Å². The number of aromatic nitrogens is 6. The Balaban J connectivity index is 0.000000150. The first-order chi connectivity index (χ1) is 31.7. The summed E-state index contributed by atoms with van der Waals surface area (Å²) in [5, 5.41) is 10.6. The minimum Gasteiger partial charge on any atom is -0.473 e. The Morgan fingerprint density at radius 2 is 1.10 bits per heavy atom. The molecule has 4 bridgehead atoms. The number of piperidine rings is 2. The largest absolute Gasteiger partial charge is 0.473 e. The van der Waals surface area contributed by atoms with Crippen molar-refractivity contribution in [3.05, 3.63) is 77.0 Å². The molecule has 17 heteroatoms. The van der Waals surface area contributed by atoms with Crippen molar-refractivity contribution >= 4 is 23.8 Å². The first kappa shape index (κ1) is 48.1. The second-order valence-electron chi connectivity index (χ2n) is 20.9. The van der Waals surface area contributed by atoms with Gasteiger partial charge in [-0.05, 0) is 151 Å². The number of hydrogen-bond acceptors (Lipinski definition) is 14. The highest BCUT2D eigenvalue weighted by Gasteiger charge is 2.66. The highest BCUT2D eigenvalue weighted by molar-refractivity contribution is 6.30. The van der Waals surface area contributed by atoms with Crippen molar-refractivity contribution in [2.24, 2.45) is 10.8 Å². The van der Waals surface area contributed by atoms with Gasteiger partial charge in [-0.2, -0.15) is 0 Å². The summed E-state index contributed by atoms with van der Waals surface area (Å²) in [6.45, 7) is 18.9. The number of carbonyl (C=O) groups excluding carboxylic acids is 2. The van der Waals surface area contributed by atoms with Gasteiger partial charge in [0.25, 0.3) is 0 Å². The van der Waals surface area contributed by atoms with Crippen LogP contribution in [0.3, 0.4) is 0 Å². The number of rotatable bonds is 6. The van der Waals surface area contributed by atoms with Crippen LogP contribution in [0.5, 0.6) is 29.1 Å². The lowest BCUT2D eigenvalue weighted by molar-refractivity contribution is -0.0474. The predicted molar refractivity (Wildman–Crippen MR) is 249 cm³/mol. The van der Waals surface area contributed by atoms with Crippen molar-refractivity contribution in [1.29, 1.82) is 0 Å². The number of aliphatic hydroxyl groups is 1. The fourth-order valence-electron chi connectivity index (χ4n) is 10.4. The molecule has 6 aliphatic rings. The molecule has 1 N–H and O–H groups in total. The van der Waals surface area contributed by atoms with Gasteiger partial charge in [0.2, 0.25) is 17.6 Å². The van der Waals surface area contributed by atoms with Gasteiger partial charge in [0.15, 0.2) is 11.5 Å². The fourth-order valence-corrected chi connectivity index (χ4v) is 10.5. The average Bonchev–Trinajstić information content (AvgIpc) is 4.17. The number of ether oxygens (including phenoxy) is 5. The van der Waals surface area contributed by atoms with Crippen LogP contribution in [0.2, 0.25) is 5.15 Å². The zero-order valence-electron chi connectivity index (χ0n) is 40.4. The molecular weight excluding hydrogens is 876 g/mol. The Morgan fingerprint density at radius 1 is 0.642 bits per heavy atom. The number of carbonyl (C=O) groups is 2. The summed E-state index contributed by atoms with van der Waals surface area (Å²) in [4.78, 5) is 54.3. The molecule has 4 saturated heterocycles. The lowest BCUT2D eigenvalue weighted by atomic mass is 9.84. The van der Waals surface area contributed by atoms with Crippen molar-refractivity contribution in [3.63, 3.8) is 0 Å². The number of nitrogens with zero attached hydrogens (tertiary/aromatic N) is 8. The molecule has 16 nitrogen and oxygen atoms in total. The van der Waals surface area contributed by atoms with Gasteiger partial charge in [0, 0.05) is 59.4 Å². The van der Waals surface area contributed by atoms with Gasteiger partial charge in [-0.1, -0.05) is 11.6 Å². The zero-order valence-corrected chi connectivity index (χ0v) is 41.2. The van der Waals surface area contributed by atoms with E-state index in [0.717, 1.165) is 81.2 Å².